The maximum absolute atomic E-state index is 12.3. The van der Waals surface area contributed by atoms with Crippen LogP contribution < -0.4 is 5.32 Å². The fraction of sp³-hybridized carbons (Fsp3) is 0. The highest BCUT2D eigenvalue weighted by atomic mass is 16.4. The Bertz CT molecular complexity index is 839. The average molecular weight is 281 g/mol. The van der Waals surface area contributed by atoms with Gasteiger partial charge < -0.3 is 10.4 Å². The van der Waals surface area contributed by atoms with Gasteiger partial charge in [-0.2, -0.15) is 5.10 Å². The number of carboxylic acid groups (broad SMARTS) is 1. The fourth-order valence-corrected chi connectivity index (χ4v) is 2.08. The minimum absolute atomic E-state index is 0.0438. The number of nitrogens with zero attached hydrogens (tertiary/aromatic N) is 2. The number of nitrogens with one attached hydrogen (secondary N) is 1. The Morgan fingerprint density at radius 1 is 1.05 bits per heavy atom. The molecule has 0 radical (unpaired) electrons. The van der Waals surface area contributed by atoms with Crippen LogP contribution in [-0.4, -0.2) is 26.6 Å². The van der Waals surface area contributed by atoms with E-state index in [1.807, 2.05) is 0 Å². The van der Waals surface area contributed by atoms with Crippen LogP contribution in [0.5, 0.6) is 0 Å². The Kier molecular flexibility index (Phi) is 3.12. The molecule has 2 N–H and O–H groups in total. The molecule has 0 saturated carbocycles. The van der Waals surface area contributed by atoms with Crippen molar-refractivity contribution >= 4 is 23.1 Å². The van der Waals surface area contributed by atoms with Crippen molar-refractivity contribution in [2.45, 2.75) is 0 Å². The average Bonchev–Trinajstić information content (AvgIpc) is 2.91. The lowest BCUT2D eigenvalue weighted by molar-refractivity contribution is 0.0698. The summed E-state index contributed by atoms with van der Waals surface area (Å²) in [6.07, 6.45) is 3.19. The first kappa shape index (κ1) is 12.9. The highest BCUT2D eigenvalue weighted by Gasteiger charge is 2.16. The number of aromatic carboxylic acids is 1. The van der Waals surface area contributed by atoms with E-state index in [0.717, 1.165) is 0 Å². The summed E-state index contributed by atoms with van der Waals surface area (Å²) in [5.74, 6) is -1.49. The Morgan fingerprint density at radius 3 is 2.62 bits per heavy atom. The number of carboxylic acids is 1. The van der Waals surface area contributed by atoms with Crippen molar-refractivity contribution in [3.63, 3.8) is 0 Å². The third kappa shape index (κ3) is 2.34. The molecule has 0 unspecified atom stereocenters. The van der Waals surface area contributed by atoms with Gasteiger partial charge in [-0.15, -0.1) is 0 Å². The second-order valence-electron chi connectivity index (χ2n) is 4.39. The molecule has 21 heavy (non-hydrogen) atoms. The molecule has 0 aliphatic rings. The maximum atomic E-state index is 12.3. The van der Waals surface area contributed by atoms with Gasteiger partial charge in [0.1, 0.15) is 0 Å². The first-order valence-electron chi connectivity index (χ1n) is 6.23. The van der Waals surface area contributed by atoms with E-state index in [-0.39, 0.29) is 11.3 Å². The summed E-state index contributed by atoms with van der Waals surface area (Å²) in [6.45, 7) is 0. The number of carbonyl (C=O) groups excluding carboxylic acids is 1. The summed E-state index contributed by atoms with van der Waals surface area (Å²) in [7, 11) is 0. The van der Waals surface area contributed by atoms with E-state index in [9.17, 15) is 9.59 Å². The van der Waals surface area contributed by atoms with Crippen LogP contribution in [0.3, 0.4) is 0 Å². The molecule has 2 aromatic heterocycles. The van der Waals surface area contributed by atoms with E-state index in [4.69, 9.17) is 5.11 Å². The molecule has 6 nitrogen and oxygen atoms in total. The summed E-state index contributed by atoms with van der Waals surface area (Å²) in [6, 6.07) is 11.6. The lowest BCUT2D eigenvalue weighted by Gasteiger charge is -2.07. The molecular weight excluding hydrogens is 270 g/mol. The summed E-state index contributed by atoms with van der Waals surface area (Å²) in [4.78, 5) is 23.4. The number of amides is 1. The van der Waals surface area contributed by atoms with E-state index >= 15 is 0 Å². The fourth-order valence-electron chi connectivity index (χ4n) is 2.08. The topological polar surface area (TPSA) is 83.7 Å². The molecule has 1 amide bonds. The molecule has 0 bridgehead atoms. The molecule has 3 rings (SSSR count). The standard InChI is InChI=1S/C15H11N3O3/c19-14(11-9-16-18-8-4-3-7-13(11)18)17-12-6-2-1-5-10(12)15(20)21/h1-9H,(H,17,19)(H,20,21). The Labute approximate surface area is 119 Å². The number of fused-ring (bicyclic) bond motifs is 1. The van der Waals surface area contributed by atoms with Gasteiger partial charge in [-0.25, -0.2) is 9.31 Å². The maximum Gasteiger partial charge on any atom is 0.337 e. The van der Waals surface area contributed by atoms with Crippen LogP contribution in [0.4, 0.5) is 5.69 Å². The number of hydrogen-bond donors (Lipinski definition) is 2. The molecule has 104 valence electrons. The van der Waals surface area contributed by atoms with Crippen LogP contribution in [0.25, 0.3) is 5.52 Å². The second-order valence-corrected chi connectivity index (χ2v) is 4.39. The molecule has 0 aliphatic heterocycles. The highest BCUT2D eigenvalue weighted by molar-refractivity contribution is 6.11. The molecule has 0 saturated heterocycles. The van der Waals surface area contributed by atoms with Crippen LogP contribution in [0.15, 0.2) is 54.9 Å². The zero-order valence-corrected chi connectivity index (χ0v) is 10.9. The van der Waals surface area contributed by atoms with Crippen molar-refractivity contribution in [2.75, 3.05) is 5.32 Å². The molecule has 0 aliphatic carbocycles. The van der Waals surface area contributed by atoms with E-state index in [0.29, 0.717) is 11.1 Å². The lowest BCUT2D eigenvalue weighted by atomic mass is 10.1. The number of hydrogen-bond acceptors (Lipinski definition) is 3. The molecule has 2 heterocycles. The number of para-hydroxylation sites is 1. The van der Waals surface area contributed by atoms with Gasteiger partial charge in [-0.1, -0.05) is 18.2 Å². The predicted molar refractivity (Wildman–Crippen MR) is 76.5 cm³/mol. The van der Waals surface area contributed by atoms with Crippen molar-refractivity contribution in [3.05, 3.63) is 66.0 Å². The smallest absolute Gasteiger partial charge is 0.337 e. The number of anilines is 1. The van der Waals surface area contributed by atoms with Crippen molar-refractivity contribution in [3.8, 4) is 0 Å². The van der Waals surface area contributed by atoms with Crippen molar-refractivity contribution < 1.29 is 14.7 Å². The summed E-state index contributed by atoms with van der Waals surface area (Å²) in [5, 5.41) is 15.8. The Morgan fingerprint density at radius 2 is 1.81 bits per heavy atom. The highest BCUT2D eigenvalue weighted by Crippen LogP contribution is 2.17. The molecule has 0 fully saturated rings. The Hall–Kier alpha value is -3.15. The van der Waals surface area contributed by atoms with Crippen LogP contribution in [0.2, 0.25) is 0 Å². The van der Waals surface area contributed by atoms with E-state index in [2.05, 4.69) is 10.4 Å². The van der Waals surface area contributed by atoms with Gasteiger partial charge in [0.05, 0.1) is 28.5 Å². The van der Waals surface area contributed by atoms with Crippen molar-refractivity contribution in [1.29, 1.82) is 0 Å². The van der Waals surface area contributed by atoms with Crippen LogP contribution in [-0.2, 0) is 0 Å². The zero-order chi connectivity index (χ0) is 14.8. The van der Waals surface area contributed by atoms with E-state index < -0.39 is 11.9 Å². The molecular formula is C15H11N3O3. The number of rotatable bonds is 3. The minimum Gasteiger partial charge on any atom is -0.478 e. The Balaban J connectivity index is 1.96. The quantitative estimate of drug-likeness (QED) is 0.771. The van der Waals surface area contributed by atoms with Gasteiger partial charge in [0.25, 0.3) is 5.91 Å². The van der Waals surface area contributed by atoms with E-state index in [1.165, 1.54) is 12.3 Å². The molecule has 0 atom stereocenters. The van der Waals surface area contributed by atoms with Crippen LogP contribution in [0.1, 0.15) is 20.7 Å². The summed E-state index contributed by atoms with van der Waals surface area (Å²) < 4.78 is 1.58. The normalized spacial score (nSPS) is 10.5. The van der Waals surface area contributed by atoms with E-state index in [1.54, 1.807) is 47.1 Å². The third-order valence-electron chi connectivity index (χ3n) is 3.08. The number of pyridine rings is 1. The van der Waals surface area contributed by atoms with Gasteiger partial charge in [0, 0.05) is 6.20 Å². The van der Waals surface area contributed by atoms with Gasteiger partial charge in [-0.3, -0.25) is 4.79 Å². The van der Waals surface area contributed by atoms with Crippen LogP contribution >= 0.6 is 0 Å². The second kappa shape index (κ2) is 5.09. The number of benzene rings is 1. The summed E-state index contributed by atoms with van der Waals surface area (Å²) in [5.41, 5.74) is 1.34. The first-order chi connectivity index (χ1) is 10.2. The van der Waals surface area contributed by atoms with Crippen molar-refractivity contribution in [1.82, 2.24) is 9.61 Å². The third-order valence-corrected chi connectivity index (χ3v) is 3.08. The first-order valence-corrected chi connectivity index (χ1v) is 6.23. The van der Waals surface area contributed by atoms with Gasteiger partial charge in [0.2, 0.25) is 0 Å². The molecule has 3 aromatic rings. The molecule has 6 heteroatoms. The summed E-state index contributed by atoms with van der Waals surface area (Å²) >= 11 is 0. The zero-order valence-electron chi connectivity index (χ0n) is 10.9. The van der Waals surface area contributed by atoms with Crippen molar-refractivity contribution in [2.24, 2.45) is 0 Å². The minimum atomic E-state index is -1.09. The predicted octanol–water partition coefficient (Wildman–Crippen LogP) is 2.28. The largest absolute Gasteiger partial charge is 0.478 e. The van der Waals surface area contributed by atoms with Gasteiger partial charge in [0.15, 0.2) is 0 Å². The lowest BCUT2D eigenvalue weighted by Crippen LogP contribution is -2.14. The monoisotopic (exact) mass is 281 g/mol. The van der Waals surface area contributed by atoms with Crippen LogP contribution in [0, 0.1) is 0 Å². The number of carbonyl (C=O) groups is 2. The number of aromatic nitrogens is 2. The SMILES string of the molecule is O=C(O)c1ccccc1NC(=O)c1cnn2ccccc12. The van der Waals surface area contributed by atoms with Gasteiger partial charge in [-0.05, 0) is 24.3 Å². The van der Waals surface area contributed by atoms with Gasteiger partial charge >= 0.3 is 5.97 Å². The molecule has 1 aromatic carbocycles. The molecule has 0 spiro atoms.